The molecule has 0 saturated heterocycles. The van der Waals surface area contributed by atoms with Gasteiger partial charge in [-0.2, -0.15) is 8.42 Å². The Bertz CT molecular complexity index is 1160. The molecule has 2 aromatic carbocycles. The molecule has 26 heavy (non-hydrogen) atoms. The molecule has 1 aromatic heterocycles. The highest BCUT2D eigenvalue weighted by atomic mass is 32.2. The first-order valence-electron chi connectivity index (χ1n) is 7.15. The molecule has 0 spiro atoms. The minimum Gasteiger partial charge on any atom is -0.497 e. The average Bonchev–Trinajstić information content (AvgIpc) is 2.59. The van der Waals surface area contributed by atoms with Gasteiger partial charge in [0.15, 0.2) is 11.0 Å². The van der Waals surface area contributed by atoms with Gasteiger partial charge in [0.05, 0.1) is 18.2 Å². The average molecular weight is 380 g/mol. The fourth-order valence-electron chi connectivity index (χ4n) is 2.40. The van der Waals surface area contributed by atoms with Crippen molar-refractivity contribution in [2.45, 2.75) is 0 Å². The molecule has 0 aliphatic rings. The summed E-state index contributed by atoms with van der Waals surface area (Å²) in [5.74, 6) is -0.361. The molecular formula is C16H13FN2O6S. The van der Waals surface area contributed by atoms with Gasteiger partial charge in [-0.1, -0.05) is 0 Å². The Morgan fingerprint density at radius 3 is 2.46 bits per heavy atom. The van der Waals surface area contributed by atoms with Crippen LogP contribution >= 0.6 is 0 Å². The van der Waals surface area contributed by atoms with E-state index in [9.17, 15) is 17.6 Å². The van der Waals surface area contributed by atoms with E-state index in [0.717, 1.165) is 12.1 Å². The monoisotopic (exact) mass is 380 g/mol. The lowest BCUT2D eigenvalue weighted by molar-refractivity contribution is 0.415. The summed E-state index contributed by atoms with van der Waals surface area (Å²) in [6.45, 7) is 0. The fraction of sp³-hybridized carbons (Fsp3) is 0.0625. The normalized spacial score (nSPS) is 11.5. The van der Waals surface area contributed by atoms with Crippen molar-refractivity contribution in [3.05, 3.63) is 52.4 Å². The van der Waals surface area contributed by atoms with Crippen molar-refractivity contribution in [3.8, 4) is 17.1 Å². The summed E-state index contributed by atoms with van der Waals surface area (Å²) in [6, 6.07) is 8.48. The fourth-order valence-corrected chi connectivity index (χ4v) is 2.86. The van der Waals surface area contributed by atoms with Crippen molar-refractivity contribution >= 4 is 32.6 Å². The first-order chi connectivity index (χ1) is 12.2. The van der Waals surface area contributed by atoms with Gasteiger partial charge in [-0.25, -0.2) is 4.39 Å². The third-order valence-corrected chi connectivity index (χ3v) is 4.08. The van der Waals surface area contributed by atoms with Crippen LogP contribution in [-0.2, 0) is 10.3 Å². The predicted molar refractivity (Wildman–Crippen MR) is 94.0 cm³/mol. The van der Waals surface area contributed by atoms with E-state index in [1.807, 2.05) is 0 Å². The van der Waals surface area contributed by atoms with Crippen molar-refractivity contribution in [2.75, 3.05) is 17.6 Å². The lowest BCUT2D eigenvalue weighted by Gasteiger charge is -2.11. The molecule has 0 aliphatic carbocycles. The molecule has 10 heteroatoms. The summed E-state index contributed by atoms with van der Waals surface area (Å²) in [7, 11) is -3.29. The zero-order valence-electron chi connectivity index (χ0n) is 13.3. The molecule has 0 unspecified atom stereocenters. The van der Waals surface area contributed by atoms with E-state index in [1.165, 1.54) is 7.11 Å². The number of hydrogen-bond acceptors (Lipinski definition) is 6. The summed E-state index contributed by atoms with van der Waals surface area (Å²) in [5.41, 5.74) is 3.93. The maximum Gasteiger partial charge on any atom is 0.357 e. The maximum atomic E-state index is 13.9. The number of halogens is 1. The Labute approximate surface area is 146 Å². The third kappa shape index (κ3) is 3.32. The number of benzene rings is 2. The standard InChI is InChI=1S/C16H13FN2O6S/c1-24-9-4-2-8(3-5-9)13-7-12(20)10-6-11(17)14(18)15(16(10)25-13)19-26(21,22)23/h2-7,19H,18H2,1H3,(H,21,22,23). The van der Waals surface area contributed by atoms with Gasteiger partial charge < -0.3 is 14.9 Å². The van der Waals surface area contributed by atoms with Crippen LogP contribution in [0.5, 0.6) is 5.75 Å². The van der Waals surface area contributed by atoms with Gasteiger partial charge in [0.1, 0.15) is 23.0 Å². The van der Waals surface area contributed by atoms with Crippen molar-refractivity contribution in [1.29, 1.82) is 0 Å². The summed E-state index contributed by atoms with van der Waals surface area (Å²) < 4.78 is 57.5. The minimum atomic E-state index is -4.78. The molecule has 0 aliphatic heterocycles. The number of hydrogen-bond donors (Lipinski definition) is 3. The molecule has 0 saturated carbocycles. The molecule has 8 nitrogen and oxygen atoms in total. The second kappa shape index (κ2) is 6.32. The van der Waals surface area contributed by atoms with E-state index >= 15 is 0 Å². The van der Waals surface area contributed by atoms with Crippen LogP contribution < -0.4 is 20.6 Å². The van der Waals surface area contributed by atoms with E-state index in [4.69, 9.17) is 19.4 Å². The Balaban J connectivity index is 2.30. The largest absolute Gasteiger partial charge is 0.497 e. The number of anilines is 2. The zero-order valence-corrected chi connectivity index (χ0v) is 14.1. The summed E-state index contributed by atoms with van der Waals surface area (Å²) in [5, 5.41) is -0.236. The van der Waals surface area contributed by atoms with Crippen LogP contribution in [0.4, 0.5) is 15.8 Å². The lowest BCUT2D eigenvalue weighted by atomic mass is 10.1. The lowest BCUT2D eigenvalue weighted by Crippen LogP contribution is -2.14. The number of nitrogens with two attached hydrogens (primary N) is 1. The first kappa shape index (κ1) is 17.7. The van der Waals surface area contributed by atoms with Crippen LogP contribution in [0.3, 0.4) is 0 Å². The molecular weight excluding hydrogens is 367 g/mol. The van der Waals surface area contributed by atoms with Crippen LogP contribution in [0.2, 0.25) is 0 Å². The van der Waals surface area contributed by atoms with Gasteiger partial charge in [0.2, 0.25) is 0 Å². The maximum absolute atomic E-state index is 13.9. The molecule has 0 radical (unpaired) electrons. The Kier molecular flexibility index (Phi) is 4.30. The van der Waals surface area contributed by atoms with E-state index in [1.54, 1.807) is 29.0 Å². The number of fused-ring (bicyclic) bond motifs is 1. The summed E-state index contributed by atoms with van der Waals surface area (Å²) in [4.78, 5) is 12.3. The number of methoxy groups -OCH3 is 1. The van der Waals surface area contributed by atoms with Crippen LogP contribution in [0.15, 0.2) is 45.6 Å². The molecule has 1 heterocycles. The van der Waals surface area contributed by atoms with E-state index in [-0.39, 0.29) is 16.7 Å². The topological polar surface area (TPSA) is 132 Å². The first-order valence-corrected chi connectivity index (χ1v) is 8.59. The van der Waals surface area contributed by atoms with Gasteiger partial charge in [-0.3, -0.25) is 14.1 Å². The van der Waals surface area contributed by atoms with E-state index < -0.39 is 32.9 Å². The second-order valence-electron chi connectivity index (χ2n) is 5.30. The highest BCUT2D eigenvalue weighted by Gasteiger charge is 2.20. The van der Waals surface area contributed by atoms with Crippen LogP contribution in [-0.4, -0.2) is 20.1 Å². The number of nitrogens with one attached hydrogen (secondary N) is 1. The van der Waals surface area contributed by atoms with Crippen molar-refractivity contribution in [1.82, 2.24) is 0 Å². The van der Waals surface area contributed by atoms with Gasteiger partial charge in [0, 0.05) is 11.6 Å². The van der Waals surface area contributed by atoms with Gasteiger partial charge in [-0.15, -0.1) is 0 Å². The van der Waals surface area contributed by atoms with Crippen LogP contribution in [0.25, 0.3) is 22.3 Å². The molecule has 0 amide bonds. The SMILES string of the molecule is COc1ccc(-c2cc(=O)c3cc(F)c(N)c(NS(=O)(=O)O)c3o2)cc1. The zero-order chi connectivity index (χ0) is 19.1. The quantitative estimate of drug-likeness (QED) is 0.468. The van der Waals surface area contributed by atoms with Gasteiger partial charge >= 0.3 is 10.3 Å². The molecule has 3 rings (SSSR count). The Hall–Kier alpha value is -3.11. The molecule has 4 N–H and O–H groups in total. The number of nitrogen functional groups attached to an aromatic ring is 1. The number of rotatable bonds is 4. The Morgan fingerprint density at radius 2 is 1.88 bits per heavy atom. The van der Waals surface area contributed by atoms with E-state index in [0.29, 0.717) is 11.3 Å². The van der Waals surface area contributed by atoms with Gasteiger partial charge in [0.25, 0.3) is 0 Å². The van der Waals surface area contributed by atoms with Gasteiger partial charge in [-0.05, 0) is 30.3 Å². The number of ether oxygens (including phenoxy) is 1. The van der Waals surface area contributed by atoms with Crippen LogP contribution in [0, 0.1) is 5.82 Å². The Morgan fingerprint density at radius 1 is 1.23 bits per heavy atom. The highest BCUT2D eigenvalue weighted by Crippen LogP contribution is 2.34. The van der Waals surface area contributed by atoms with Crippen molar-refractivity contribution in [3.63, 3.8) is 0 Å². The smallest absolute Gasteiger partial charge is 0.357 e. The molecule has 136 valence electrons. The van der Waals surface area contributed by atoms with E-state index in [2.05, 4.69) is 0 Å². The molecule has 0 bridgehead atoms. The predicted octanol–water partition coefficient (Wildman–Crippen LogP) is 2.40. The molecule has 0 atom stereocenters. The third-order valence-electron chi connectivity index (χ3n) is 3.61. The highest BCUT2D eigenvalue weighted by molar-refractivity contribution is 7.87. The minimum absolute atomic E-state index is 0.0922. The van der Waals surface area contributed by atoms with Crippen LogP contribution in [0.1, 0.15) is 0 Å². The summed E-state index contributed by atoms with van der Waals surface area (Å²) in [6.07, 6.45) is 0. The second-order valence-corrected chi connectivity index (χ2v) is 6.46. The van der Waals surface area contributed by atoms with Crippen molar-refractivity contribution in [2.24, 2.45) is 0 Å². The molecule has 0 fully saturated rings. The van der Waals surface area contributed by atoms with Crippen molar-refractivity contribution < 1.29 is 26.5 Å². The molecule has 3 aromatic rings. The summed E-state index contributed by atoms with van der Waals surface area (Å²) >= 11 is 0.